The first-order valence-corrected chi connectivity index (χ1v) is 12.4. The molecule has 3 unspecified atom stereocenters. The highest BCUT2D eigenvalue weighted by Gasteiger charge is 2.53. The fourth-order valence-electron chi connectivity index (χ4n) is 3.37. The number of nitrogens with zero attached hydrogens (tertiary/aromatic N) is 1. The van der Waals surface area contributed by atoms with Gasteiger partial charge in [0.2, 0.25) is 5.76 Å². The lowest BCUT2D eigenvalue weighted by atomic mass is 9.78. The van der Waals surface area contributed by atoms with Gasteiger partial charge in [-0.3, -0.25) is 0 Å². The maximum absolute atomic E-state index is 13.9. The van der Waals surface area contributed by atoms with Crippen LogP contribution in [0.25, 0.3) is 0 Å². The molecule has 1 heterocycles. The second kappa shape index (κ2) is 11.4. The number of ether oxygens (including phenoxy) is 4. The molecule has 0 aromatic heterocycles. The van der Waals surface area contributed by atoms with Gasteiger partial charge in [-0.2, -0.15) is 5.43 Å². The van der Waals surface area contributed by atoms with Gasteiger partial charge in [-0.15, -0.1) is 28.1 Å². The molecule has 2 aliphatic rings. The van der Waals surface area contributed by atoms with Crippen LogP contribution in [0.3, 0.4) is 0 Å². The Balaban J connectivity index is 2.56. The van der Waals surface area contributed by atoms with E-state index in [9.17, 15) is 18.8 Å². The Morgan fingerprint density at radius 3 is 2.03 bits per heavy atom. The van der Waals surface area contributed by atoms with Gasteiger partial charge in [-0.1, -0.05) is 0 Å². The Morgan fingerprint density at radius 2 is 1.58 bits per heavy atom. The number of nitrogens with one attached hydrogen (secondary N) is 1. The van der Waals surface area contributed by atoms with Crippen molar-refractivity contribution in [3.8, 4) is 0 Å². The molecule has 13 heteroatoms. The summed E-state index contributed by atoms with van der Waals surface area (Å²) in [6.07, 6.45) is -2.97. The number of esters is 1. The first-order valence-electron chi connectivity index (χ1n) is 11.5. The van der Waals surface area contributed by atoms with Crippen molar-refractivity contribution in [3.05, 3.63) is 23.4 Å². The van der Waals surface area contributed by atoms with Crippen LogP contribution in [0.1, 0.15) is 55.4 Å². The van der Waals surface area contributed by atoms with Gasteiger partial charge in [-0.25, -0.2) is 24.2 Å². The quantitative estimate of drug-likeness (QED) is 0.222. The van der Waals surface area contributed by atoms with E-state index in [4.69, 9.17) is 42.1 Å². The van der Waals surface area contributed by atoms with Crippen molar-refractivity contribution < 1.29 is 43.1 Å². The van der Waals surface area contributed by atoms with Gasteiger partial charge in [0.05, 0.1) is 17.4 Å². The third kappa shape index (κ3) is 7.39. The highest BCUT2D eigenvalue weighted by Crippen LogP contribution is 2.43. The maximum Gasteiger partial charge on any atom is 0.428 e. The number of allylic oxidation sites excluding steroid dienone is 1. The molecular weight excluding hydrogens is 520 g/mol. The van der Waals surface area contributed by atoms with Gasteiger partial charge >= 0.3 is 18.2 Å². The highest BCUT2D eigenvalue weighted by atomic mass is 35.5. The van der Waals surface area contributed by atoms with Crippen LogP contribution < -0.4 is 10.9 Å². The molecule has 2 rings (SSSR count). The number of alkyl halides is 3. The Hall–Kier alpha value is -2.24. The predicted octanol–water partition coefficient (Wildman–Crippen LogP) is 3.44. The summed E-state index contributed by atoms with van der Waals surface area (Å²) in [6.45, 7) is 13.2. The molecule has 204 valence electrons. The number of imide groups is 1. The van der Waals surface area contributed by atoms with Gasteiger partial charge in [0.25, 0.3) is 5.82 Å². The number of amides is 2. The first-order chi connectivity index (χ1) is 16.5. The monoisotopic (exact) mass is 554 g/mol. The number of halogens is 3. The number of rotatable bonds is 6. The fraction of sp³-hybridized carbons (Fsp3) is 0.696. The summed E-state index contributed by atoms with van der Waals surface area (Å²) in [5.41, 5.74) is 2.02. The Labute approximate surface area is 220 Å². The fourth-order valence-corrected chi connectivity index (χ4v) is 4.56. The molecule has 36 heavy (non-hydrogen) atoms. The topological polar surface area (TPSA) is 120 Å². The minimum Gasteiger partial charge on any atom is -0.483 e. The van der Waals surface area contributed by atoms with Crippen LogP contribution in [0.4, 0.5) is 14.0 Å². The molecule has 1 saturated carbocycles. The van der Waals surface area contributed by atoms with Crippen LogP contribution in [0.15, 0.2) is 23.4 Å². The molecular formula is C23H35Cl2FN3O7+. The third-order valence-corrected chi connectivity index (χ3v) is 6.04. The summed E-state index contributed by atoms with van der Waals surface area (Å²) >= 11 is 12.2. The SMILES string of the molecule is CCOC(=O)C1=CC(OC(C)C2C(Cl)C(F)C2Cl)=C(N(C(=O)OC(C)(C)C)C(=O)OC(C)(C)C)[NH2+]N1. The predicted molar refractivity (Wildman–Crippen MR) is 129 cm³/mol. The zero-order valence-corrected chi connectivity index (χ0v) is 23.2. The normalized spacial score (nSPS) is 25.0. The molecule has 0 radical (unpaired) electrons. The second-order valence-corrected chi connectivity index (χ2v) is 11.4. The van der Waals surface area contributed by atoms with Crippen molar-refractivity contribution in [1.82, 2.24) is 10.3 Å². The van der Waals surface area contributed by atoms with Crippen LogP contribution in [-0.2, 0) is 23.7 Å². The summed E-state index contributed by atoms with van der Waals surface area (Å²) in [7, 11) is 0. The Bertz CT molecular complexity index is 892. The van der Waals surface area contributed by atoms with Gasteiger partial charge < -0.3 is 18.9 Å². The van der Waals surface area contributed by atoms with E-state index >= 15 is 0 Å². The summed E-state index contributed by atoms with van der Waals surface area (Å²) < 4.78 is 35.8. The molecule has 2 amide bonds. The minimum absolute atomic E-state index is 0.0158. The van der Waals surface area contributed by atoms with Crippen LogP contribution >= 0.6 is 23.2 Å². The summed E-state index contributed by atoms with van der Waals surface area (Å²) in [5, 5.41) is -1.78. The lowest BCUT2D eigenvalue weighted by Gasteiger charge is -2.44. The molecule has 0 aromatic carbocycles. The maximum atomic E-state index is 13.9. The molecule has 1 fully saturated rings. The summed E-state index contributed by atoms with van der Waals surface area (Å²) in [5.74, 6) is -1.45. The molecule has 3 N–H and O–H groups in total. The van der Waals surface area contributed by atoms with Crippen LogP contribution in [0.2, 0.25) is 0 Å². The first kappa shape index (κ1) is 30.0. The molecule has 1 aliphatic heterocycles. The zero-order chi connectivity index (χ0) is 27.6. The van der Waals surface area contributed by atoms with Crippen molar-refractivity contribution in [2.45, 2.75) is 89.6 Å². The van der Waals surface area contributed by atoms with Crippen molar-refractivity contribution in [3.63, 3.8) is 0 Å². The van der Waals surface area contributed by atoms with Gasteiger partial charge in [-0.05, 0) is 55.4 Å². The van der Waals surface area contributed by atoms with E-state index in [0.29, 0.717) is 4.90 Å². The van der Waals surface area contributed by atoms with Gasteiger partial charge in [0.1, 0.15) is 23.5 Å². The van der Waals surface area contributed by atoms with E-state index < -0.39 is 58.3 Å². The molecule has 1 aliphatic carbocycles. The smallest absolute Gasteiger partial charge is 0.428 e. The van der Waals surface area contributed by atoms with E-state index in [2.05, 4.69) is 5.43 Å². The number of quaternary nitrogens is 1. The summed E-state index contributed by atoms with van der Waals surface area (Å²) in [4.78, 5) is 39.3. The number of nitrogens with two attached hydrogens (primary N) is 1. The lowest BCUT2D eigenvalue weighted by Crippen LogP contribution is -2.95. The van der Waals surface area contributed by atoms with Gasteiger partial charge in [0, 0.05) is 12.0 Å². The standard InChI is InChI=1S/C23H34Cl2FN3O7/c1-9-33-19(30)12-10-13(34-11(2)14-15(24)17(26)16(14)25)18(28-27-12)29(20(31)35-22(3,4)5)21(32)36-23(6,7)8/h10-11,14-17,27-28H,9H2,1-8H3/p+1. The largest absolute Gasteiger partial charge is 0.483 e. The second-order valence-electron chi connectivity index (χ2n) is 10.3. The molecule has 3 atom stereocenters. The van der Waals surface area contributed by atoms with Crippen molar-refractivity contribution in [2.75, 3.05) is 6.61 Å². The molecule has 0 bridgehead atoms. The number of hydrogen-bond donors (Lipinski definition) is 2. The van der Waals surface area contributed by atoms with Crippen LogP contribution in [-0.4, -0.2) is 63.9 Å². The number of carbonyl (C=O) groups is 3. The lowest BCUT2D eigenvalue weighted by molar-refractivity contribution is -0.671. The van der Waals surface area contributed by atoms with E-state index in [0.717, 1.165) is 0 Å². The number of hydrogen-bond acceptors (Lipinski definition) is 8. The van der Waals surface area contributed by atoms with Crippen molar-refractivity contribution in [2.24, 2.45) is 5.92 Å². The summed E-state index contributed by atoms with van der Waals surface area (Å²) in [6, 6.07) is 0. The zero-order valence-electron chi connectivity index (χ0n) is 21.7. The molecule has 0 aromatic rings. The van der Waals surface area contributed by atoms with E-state index in [1.54, 1.807) is 55.4 Å². The van der Waals surface area contributed by atoms with E-state index in [1.165, 1.54) is 11.5 Å². The Kier molecular flexibility index (Phi) is 9.52. The number of carbonyl (C=O) groups excluding carboxylic acids is 3. The average molecular weight is 555 g/mol. The third-order valence-electron chi connectivity index (χ3n) is 4.98. The molecule has 0 saturated heterocycles. The van der Waals surface area contributed by atoms with Crippen molar-refractivity contribution in [1.29, 1.82) is 0 Å². The molecule has 10 nitrogen and oxygen atoms in total. The van der Waals surface area contributed by atoms with E-state index in [1.807, 2.05) is 0 Å². The van der Waals surface area contributed by atoms with Crippen LogP contribution in [0.5, 0.6) is 0 Å². The Morgan fingerprint density at radius 1 is 1.08 bits per heavy atom. The highest BCUT2D eigenvalue weighted by molar-refractivity contribution is 6.28. The van der Waals surface area contributed by atoms with Crippen molar-refractivity contribution >= 4 is 41.4 Å². The molecule has 0 spiro atoms. The average Bonchev–Trinajstić information content (AvgIpc) is 2.72. The minimum atomic E-state index is -1.41. The van der Waals surface area contributed by atoms with Crippen LogP contribution in [0, 0.1) is 5.92 Å². The van der Waals surface area contributed by atoms with E-state index in [-0.39, 0.29) is 23.9 Å². The van der Waals surface area contributed by atoms with Gasteiger partial charge in [0.15, 0.2) is 5.70 Å².